The molecular weight excluding hydrogens is 424 g/mol. The van der Waals surface area contributed by atoms with Gasteiger partial charge in [-0.25, -0.2) is 9.97 Å². The van der Waals surface area contributed by atoms with Crippen LogP contribution >= 0.6 is 0 Å². The Balaban J connectivity index is 1.41. The first kappa shape index (κ1) is 23.4. The molecule has 1 unspecified atom stereocenters. The van der Waals surface area contributed by atoms with Crippen molar-refractivity contribution in [2.75, 3.05) is 52.3 Å². The summed E-state index contributed by atoms with van der Waals surface area (Å²) in [5, 5.41) is 0.974. The van der Waals surface area contributed by atoms with Crippen LogP contribution in [0.25, 0.3) is 11.0 Å². The fourth-order valence-electron chi connectivity index (χ4n) is 4.04. The average Bonchev–Trinajstić information content (AvgIpc) is 3.49. The smallest absolute Gasteiger partial charge is 0.149 e. The Bertz CT molecular complexity index is 1200. The van der Waals surface area contributed by atoms with Gasteiger partial charge in [-0.3, -0.25) is 0 Å². The topological polar surface area (TPSA) is 60.5 Å². The quantitative estimate of drug-likeness (QED) is 0.413. The number of likely N-dealkylation sites (tertiary alicyclic amines) is 1. The molecule has 0 radical (unpaired) electrons. The highest BCUT2D eigenvalue weighted by atomic mass is 16.5. The molecule has 176 valence electrons. The molecule has 1 atom stereocenters. The highest BCUT2D eigenvalue weighted by molar-refractivity contribution is 5.89. The third kappa shape index (κ3) is 5.77. The van der Waals surface area contributed by atoms with Gasteiger partial charge in [-0.05, 0) is 50.7 Å². The van der Waals surface area contributed by atoms with E-state index in [1.54, 1.807) is 6.33 Å². The van der Waals surface area contributed by atoms with Crippen molar-refractivity contribution < 1.29 is 4.74 Å². The van der Waals surface area contributed by atoms with Crippen molar-refractivity contribution in [3.63, 3.8) is 0 Å². The van der Waals surface area contributed by atoms with Crippen LogP contribution in [0.5, 0.6) is 5.75 Å². The molecule has 34 heavy (non-hydrogen) atoms. The van der Waals surface area contributed by atoms with Crippen molar-refractivity contribution >= 4 is 16.9 Å². The van der Waals surface area contributed by atoms with Crippen LogP contribution in [-0.4, -0.2) is 78.2 Å². The van der Waals surface area contributed by atoms with E-state index in [-0.39, 0.29) is 0 Å². The third-order valence-electron chi connectivity index (χ3n) is 5.91. The largest absolute Gasteiger partial charge is 0.481 e. The van der Waals surface area contributed by atoms with Crippen molar-refractivity contribution in [1.29, 1.82) is 0 Å². The van der Waals surface area contributed by atoms with Crippen LogP contribution in [0.3, 0.4) is 0 Å². The molecule has 0 spiro atoms. The lowest BCUT2D eigenvalue weighted by Gasteiger charge is -2.27. The zero-order valence-electron chi connectivity index (χ0n) is 20.2. The molecule has 0 saturated carbocycles. The van der Waals surface area contributed by atoms with E-state index in [0.29, 0.717) is 12.6 Å². The minimum absolute atomic E-state index is 0.322. The van der Waals surface area contributed by atoms with Gasteiger partial charge in [-0.1, -0.05) is 36.8 Å². The number of aromatic amines is 1. The Morgan fingerprint density at radius 1 is 1.26 bits per heavy atom. The maximum absolute atomic E-state index is 5.65. The number of anilines is 1. The Labute approximate surface area is 201 Å². The standard InChI is InChI=1S/C27H32N6O/c1-21(10-8-15-31(2)3)33-16-14-23(19-33)32(4)27-25-18-22(30-26(25)28-20-29-27)11-9-17-34-24-12-6-5-7-13-24/h5-8,10,12-13,18,20,23H,1,14-17,19H2,2-4H3,(H,28,29,30)/b10-8+. The van der Waals surface area contributed by atoms with Crippen molar-refractivity contribution in [1.82, 2.24) is 24.8 Å². The first-order valence-corrected chi connectivity index (χ1v) is 11.5. The van der Waals surface area contributed by atoms with Crippen LogP contribution in [0.1, 0.15) is 12.1 Å². The zero-order valence-corrected chi connectivity index (χ0v) is 20.2. The van der Waals surface area contributed by atoms with Crippen LogP contribution in [0, 0.1) is 11.8 Å². The van der Waals surface area contributed by atoms with Gasteiger partial charge in [0, 0.05) is 38.4 Å². The number of H-pyrrole nitrogens is 1. The Morgan fingerprint density at radius 2 is 2.09 bits per heavy atom. The van der Waals surface area contributed by atoms with Crippen LogP contribution in [0.4, 0.5) is 5.82 Å². The molecule has 1 fully saturated rings. The first-order valence-electron chi connectivity index (χ1n) is 11.5. The SMILES string of the molecule is C=C(/C=C/CN(C)C)N1CCC(N(C)c2ncnc3[nH]c(C#CCOc4ccccc4)cc23)C1. The average molecular weight is 457 g/mol. The summed E-state index contributed by atoms with van der Waals surface area (Å²) in [4.78, 5) is 19.0. The van der Waals surface area contributed by atoms with Gasteiger partial charge >= 0.3 is 0 Å². The number of hydrogen-bond acceptors (Lipinski definition) is 6. The monoisotopic (exact) mass is 456 g/mol. The van der Waals surface area contributed by atoms with Gasteiger partial charge < -0.3 is 24.4 Å². The fraction of sp³-hybridized carbons (Fsp3) is 0.333. The van der Waals surface area contributed by atoms with Crippen molar-refractivity contribution in [2.24, 2.45) is 0 Å². The van der Waals surface area contributed by atoms with Crippen LogP contribution in [0.15, 0.2) is 67.2 Å². The number of nitrogens with zero attached hydrogens (tertiary/aromatic N) is 5. The van der Waals surface area contributed by atoms with Crippen molar-refractivity contribution in [3.05, 3.63) is 72.8 Å². The Hall–Kier alpha value is -3.76. The summed E-state index contributed by atoms with van der Waals surface area (Å²) in [6.45, 7) is 7.39. The molecule has 7 nitrogen and oxygen atoms in total. The molecule has 0 amide bonds. The maximum atomic E-state index is 5.65. The predicted molar refractivity (Wildman–Crippen MR) is 138 cm³/mol. The summed E-state index contributed by atoms with van der Waals surface area (Å²) in [7, 11) is 6.23. The highest BCUT2D eigenvalue weighted by Gasteiger charge is 2.27. The van der Waals surface area contributed by atoms with Crippen molar-refractivity contribution in [2.45, 2.75) is 12.5 Å². The Morgan fingerprint density at radius 3 is 2.88 bits per heavy atom. The van der Waals surface area contributed by atoms with Crippen molar-refractivity contribution in [3.8, 4) is 17.6 Å². The minimum Gasteiger partial charge on any atom is -0.481 e. The summed E-state index contributed by atoms with van der Waals surface area (Å²) in [5.41, 5.74) is 2.65. The number of ether oxygens (including phenoxy) is 1. The normalized spacial score (nSPS) is 15.6. The molecule has 2 aromatic heterocycles. The second-order valence-electron chi connectivity index (χ2n) is 8.70. The van der Waals surface area contributed by atoms with Gasteiger partial charge in [0.1, 0.15) is 30.1 Å². The van der Waals surface area contributed by atoms with Crippen LogP contribution < -0.4 is 9.64 Å². The molecule has 4 rings (SSSR count). The lowest BCUT2D eigenvalue weighted by Crippen LogP contribution is -2.34. The molecule has 3 aromatic rings. The molecule has 1 aliphatic rings. The molecule has 1 N–H and O–H groups in total. The molecule has 1 aromatic carbocycles. The zero-order chi connectivity index (χ0) is 23.9. The van der Waals surface area contributed by atoms with Gasteiger partial charge in [-0.15, -0.1) is 0 Å². The van der Waals surface area contributed by atoms with Crippen LogP contribution in [0.2, 0.25) is 0 Å². The first-order chi connectivity index (χ1) is 16.5. The highest BCUT2D eigenvalue weighted by Crippen LogP contribution is 2.28. The second-order valence-corrected chi connectivity index (χ2v) is 8.70. The van der Waals surface area contributed by atoms with Gasteiger partial charge in [0.2, 0.25) is 0 Å². The molecule has 1 saturated heterocycles. The number of allylic oxidation sites excluding steroid dienone is 1. The number of rotatable bonds is 8. The lowest BCUT2D eigenvalue weighted by molar-refractivity contribution is 0.370. The summed E-state index contributed by atoms with van der Waals surface area (Å²) in [6.07, 6.45) is 6.93. The number of aromatic nitrogens is 3. The van der Waals surface area contributed by atoms with E-state index in [0.717, 1.165) is 60.0 Å². The van der Waals surface area contributed by atoms with Gasteiger partial charge in [0.05, 0.1) is 11.1 Å². The number of likely N-dealkylation sites (N-methyl/N-ethyl adjacent to an activating group) is 2. The summed E-state index contributed by atoms with van der Waals surface area (Å²) >= 11 is 0. The van der Waals surface area contributed by atoms with E-state index in [1.165, 1.54) is 0 Å². The fourth-order valence-corrected chi connectivity index (χ4v) is 4.04. The second kappa shape index (κ2) is 10.9. The van der Waals surface area contributed by atoms with E-state index in [1.807, 2.05) is 36.4 Å². The molecule has 0 bridgehead atoms. The molecule has 0 aliphatic carbocycles. The number of para-hydroxylation sites is 1. The van der Waals surface area contributed by atoms with E-state index < -0.39 is 0 Å². The van der Waals surface area contributed by atoms with Gasteiger partial charge in [0.25, 0.3) is 0 Å². The number of hydrogen-bond donors (Lipinski definition) is 1. The summed E-state index contributed by atoms with van der Waals surface area (Å²) < 4.78 is 5.65. The summed E-state index contributed by atoms with van der Waals surface area (Å²) in [5.74, 6) is 7.93. The molecule has 7 heteroatoms. The number of fused-ring (bicyclic) bond motifs is 1. The van der Waals surface area contributed by atoms with Crippen LogP contribution in [-0.2, 0) is 0 Å². The van der Waals surface area contributed by atoms with E-state index in [4.69, 9.17) is 4.74 Å². The summed E-state index contributed by atoms with van der Waals surface area (Å²) in [6, 6.07) is 12.1. The maximum Gasteiger partial charge on any atom is 0.149 e. The third-order valence-corrected chi connectivity index (χ3v) is 5.91. The molecular formula is C27H32N6O. The molecule has 1 aliphatic heterocycles. The van der Waals surface area contributed by atoms with E-state index >= 15 is 0 Å². The van der Waals surface area contributed by atoms with Gasteiger partial charge in [-0.2, -0.15) is 0 Å². The lowest BCUT2D eigenvalue weighted by atomic mass is 10.2. The minimum atomic E-state index is 0.322. The van der Waals surface area contributed by atoms with E-state index in [2.05, 4.69) is 81.4 Å². The Kier molecular flexibility index (Phi) is 7.51. The van der Waals surface area contributed by atoms with E-state index in [9.17, 15) is 0 Å². The van der Waals surface area contributed by atoms with Gasteiger partial charge in [0.15, 0.2) is 0 Å². The predicted octanol–water partition coefficient (Wildman–Crippen LogP) is 3.53. The number of benzene rings is 1. The number of nitrogens with one attached hydrogen (secondary N) is 1. The molecule has 3 heterocycles.